The van der Waals surface area contributed by atoms with Gasteiger partial charge in [-0.25, -0.2) is 0 Å². The third-order valence-corrected chi connectivity index (χ3v) is 3.55. The molecule has 0 saturated carbocycles. The van der Waals surface area contributed by atoms with Gasteiger partial charge in [0.05, 0.1) is 12.8 Å². The minimum atomic E-state index is -0.762. The van der Waals surface area contributed by atoms with Crippen molar-refractivity contribution in [1.82, 2.24) is 4.98 Å². The second-order valence-corrected chi connectivity index (χ2v) is 5.00. The second-order valence-electron chi connectivity index (χ2n) is 5.00. The van der Waals surface area contributed by atoms with Crippen LogP contribution in [0.5, 0.6) is 5.75 Å². The average Bonchev–Trinajstić information content (AvgIpc) is 2.45. The zero-order valence-corrected chi connectivity index (χ0v) is 12.5. The van der Waals surface area contributed by atoms with Crippen molar-refractivity contribution in [2.45, 2.75) is 33.3 Å². The van der Waals surface area contributed by atoms with Crippen LogP contribution >= 0.6 is 0 Å². The van der Waals surface area contributed by atoms with Gasteiger partial charge in [0.25, 0.3) is 0 Å². The van der Waals surface area contributed by atoms with Crippen LogP contribution in [0.1, 0.15) is 41.0 Å². The van der Waals surface area contributed by atoms with Crippen molar-refractivity contribution < 1.29 is 9.84 Å². The number of aryl methyl sites for hydroxylation is 3. The van der Waals surface area contributed by atoms with Gasteiger partial charge in [-0.3, -0.25) is 4.98 Å². The Kier molecular flexibility index (Phi) is 4.40. The molecule has 0 aliphatic carbocycles. The van der Waals surface area contributed by atoms with Gasteiger partial charge in [-0.2, -0.15) is 0 Å². The van der Waals surface area contributed by atoms with E-state index in [0.29, 0.717) is 11.4 Å². The standard InChI is InChI=1S/C17H21NO2/c1-5-13-7-6-8-18-16(13)17(19)15-12(3)9-11(2)10-14(15)20-4/h6-10,17,19H,5H2,1-4H3. The lowest BCUT2D eigenvalue weighted by Gasteiger charge is -2.19. The molecule has 1 aromatic heterocycles. The molecule has 1 unspecified atom stereocenters. The molecule has 2 aromatic rings. The normalized spacial score (nSPS) is 12.2. The molecule has 1 atom stereocenters. The van der Waals surface area contributed by atoms with Gasteiger partial charge in [-0.15, -0.1) is 0 Å². The van der Waals surface area contributed by atoms with E-state index in [1.54, 1.807) is 13.3 Å². The Labute approximate surface area is 120 Å². The second kappa shape index (κ2) is 6.06. The number of hydrogen-bond donors (Lipinski definition) is 1. The van der Waals surface area contributed by atoms with E-state index in [2.05, 4.69) is 18.0 Å². The van der Waals surface area contributed by atoms with E-state index in [0.717, 1.165) is 28.7 Å². The number of aliphatic hydroxyl groups is 1. The number of benzene rings is 1. The first-order valence-corrected chi connectivity index (χ1v) is 6.85. The van der Waals surface area contributed by atoms with Crippen LogP contribution < -0.4 is 4.74 Å². The fourth-order valence-corrected chi connectivity index (χ4v) is 2.59. The number of pyridine rings is 1. The third kappa shape index (κ3) is 2.68. The minimum Gasteiger partial charge on any atom is -0.496 e. The number of rotatable bonds is 4. The molecule has 0 aliphatic rings. The molecule has 0 bridgehead atoms. The Morgan fingerprint density at radius 3 is 2.70 bits per heavy atom. The molecular formula is C17H21NO2. The smallest absolute Gasteiger partial charge is 0.125 e. The Bertz CT molecular complexity index is 608. The Morgan fingerprint density at radius 1 is 1.30 bits per heavy atom. The monoisotopic (exact) mass is 271 g/mol. The number of hydrogen-bond acceptors (Lipinski definition) is 3. The molecule has 20 heavy (non-hydrogen) atoms. The van der Waals surface area contributed by atoms with Crippen molar-refractivity contribution in [3.63, 3.8) is 0 Å². The molecule has 0 radical (unpaired) electrons. The summed E-state index contributed by atoms with van der Waals surface area (Å²) in [6, 6.07) is 7.89. The van der Waals surface area contributed by atoms with Gasteiger partial charge >= 0.3 is 0 Å². The summed E-state index contributed by atoms with van der Waals surface area (Å²) in [5.74, 6) is 0.711. The maximum atomic E-state index is 10.7. The number of aliphatic hydroxyl groups excluding tert-OH is 1. The molecule has 1 aromatic carbocycles. The summed E-state index contributed by atoms with van der Waals surface area (Å²) in [7, 11) is 1.63. The summed E-state index contributed by atoms with van der Waals surface area (Å²) in [5.41, 5.74) is 4.70. The third-order valence-electron chi connectivity index (χ3n) is 3.55. The molecule has 0 amide bonds. The highest BCUT2D eigenvalue weighted by atomic mass is 16.5. The van der Waals surface area contributed by atoms with Crippen LogP contribution in [0, 0.1) is 13.8 Å². The molecule has 0 saturated heterocycles. The van der Waals surface area contributed by atoms with Crippen molar-refractivity contribution in [1.29, 1.82) is 0 Å². The zero-order chi connectivity index (χ0) is 14.7. The highest BCUT2D eigenvalue weighted by Gasteiger charge is 2.21. The predicted octanol–water partition coefficient (Wildman–Crippen LogP) is 3.35. The number of nitrogens with zero attached hydrogens (tertiary/aromatic N) is 1. The van der Waals surface area contributed by atoms with E-state index >= 15 is 0 Å². The fourth-order valence-electron chi connectivity index (χ4n) is 2.59. The van der Waals surface area contributed by atoms with Gasteiger partial charge in [-0.1, -0.05) is 19.1 Å². The van der Waals surface area contributed by atoms with Gasteiger partial charge in [0.15, 0.2) is 0 Å². The maximum absolute atomic E-state index is 10.7. The lowest BCUT2D eigenvalue weighted by Crippen LogP contribution is -2.09. The first-order chi connectivity index (χ1) is 9.58. The van der Waals surface area contributed by atoms with Crippen molar-refractivity contribution in [2.75, 3.05) is 7.11 Å². The van der Waals surface area contributed by atoms with E-state index in [-0.39, 0.29) is 0 Å². The van der Waals surface area contributed by atoms with Crippen LogP contribution in [0.4, 0.5) is 0 Å². The van der Waals surface area contributed by atoms with E-state index in [1.165, 1.54) is 0 Å². The van der Waals surface area contributed by atoms with Crippen molar-refractivity contribution in [2.24, 2.45) is 0 Å². The van der Waals surface area contributed by atoms with Gasteiger partial charge in [0.1, 0.15) is 11.9 Å². The highest BCUT2D eigenvalue weighted by Crippen LogP contribution is 2.34. The van der Waals surface area contributed by atoms with Crippen LogP contribution in [0.25, 0.3) is 0 Å². The van der Waals surface area contributed by atoms with Crippen LogP contribution in [-0.2, 0) is 6.42 Å². The van der Waals surface area contributed by atoms with Crippen molar-refractivity contribution >= 4 is 0 Å². The maximum Gasteiger partial charge on any atom is 0.125 e. The summed E-state index contributed by atoms with van der Waals surface area (Å²) < 4.78 is 5.44. The summed E-state index contributed by atoms with van der Waals surface area (Å²) in [6.45, 7) is 6.07. The number of aromatic nitrogens is 1. The topological polar surface area (TPSA) is 42.4 Å². The van der Waals surface area contributed by atoms with Gasteiger partial charge in [-0.05, 0) is 49.1 Å². The number of ether oxygens (including phenoxy) is 1. The largest absolute Gasteiger partial charge is 0.496 e. The summed E-state index contributed by atoms with van der Waals surface area (Å²) in [6.07, 6.45) is 1.79. The van der Waals surface area contributed by atoms with E-state index in [9.17, 15) is 5.11 Å². The van der Waals surface area contributed by atoms with E-state index in [1.807, 2.05) is 32.0 Å². The van der Waals surface area contributed by atoms with E-state index < -0.39 is 6.10 Å². The molecule has 0 aliphatic heterocycles. The summed E-state index contributed by atoms with van der Waals surface area (Å²) in [4.78, 5) is 4.36. The van der Waals surface area contributed by atoms with Crippen LogP contribution in [0.15, 0.2) is 30.5 Å². The Morgan fingerprint density at radius 2 is 2.05 bits per heavy atom. The highest BCUT2D eigenvalue weighted by molar-refractivity contribution is 5.47. The number of methoxy groups -OCH3 is 1. The van der Waals surface area contributed by atoms with Gasteiger partial charge < -0.3 is 9.84 Å². The Hall–Kier alpha value is -1.87. The van der Waals surface area contributed by atoms with Crippen molar-refractivity contribution in [3.05, 3.63) is 58.4 Å². The first kappa shape index (κ1) is 14.5. The predicted molar refractivity (Wildman–Crippen MR) is 80.1 cm³/mol. The van der Waals surface area contributed by atoms with Crippen LogP contribution in [0.2, 0.25) is 0 Å². The molecule has 1 heterocycles. The molecule has 3 nitrogen and oxygen atoms in total. The summed E-state index contributed by atoms with van der Waals surface area (Å²) >= 11 is 0. The molecule has 0 spiro atoms. The fraction of sp³-hybridized carbons (Fsp3) is 0.353. The zero-order valence-electron chi connectivity index (χ0n) is 12.5. The lowest BCUT2D eigenvalue weighted by molar-refractivity contribution is 0.208. The SMILES string of the molecule is CCc1cccnc1C(O)c1c(C)cc(C)cc1OC. The molecule has 0 fully saturated rings. The van der Waals surface area contributed by atoms with Gasteiger partial charge in [0, 0.05) is 11.8 Å². The van der Waals surface area contributed by atoms with Gasteiger partial charge in [0.2, 0.25) is 0 Å². The van der Waals surface area contributed by atoms with E-state index in [4.69, 9.17) is 4.74 Å². The molecular weight excluding hydrogens is 250 g/mol. The lowest BCUT2D eigenvalue weighted by atomic mass is 9.95. The van der Waals surface area contributed by atoms with Crippen LogP contribution in [0.3, 0.4) is 0 Å². The summed E-state index contributed by atoms with van der Waals surface area (Å²) in [5, 5.41) is 10.7. The first-order valence-electron chi connectivity index (χ1n) is 6.85. The Balaban J connectivity index is 2.56. The molecule has 2 rings (SSSR count). The average molecular weight is 271 g/mol. The minimum absolute atomic E-state index is 0.709. The van der Waals surface area contributed by atoms with Crippen LogP contribution in [-0.4, -0.2) is 17.2 Å². The molecule has 106 valence electrons. The molecule has 3 heteroatoms. The van der Waals surface area contributed by atoms with Crippen molar-refractivity contribution in [3.8, 4) is 5.75 Å². The quantitative estimate of drug-likeness (QED) is 0.927. The molecule has 1 N–H and O–H groups in total.